The molecule has 1 aliphatic heterocycles. The molecule has 1 N–H and O–H groups in total. The summed E-state index contributed by atoms with van der Waals surface area (Å²) in [6, 6.07) is 7.63. The van der Waals surface area contributed by atoms with Gasteiger partial charge in [0, 0.05) is 0 Å². The number of halogens is 3. The van der Waals surface area contributed by atoms with Gasteiger partial charge in [0.15, 0.2) is 11.5 Å². The van der Waals surface area contributed by atoms with Gasteiger partial charge in [-0.25, -0.2) is 0 Å². The van der Waals surface area contributed by atoms with E-state index < -0.39 is 15.6 Å². The van der Waals surface area contributed by atoms with E-state index in [-0.39, 0.29) is 0 Å². The molecule has 0 spiro atoms. The maximum absolute atomic E-state index is 10.7. The molecular weight excluding hydrogens is 265 g/mol. The minimum atomic E-state index is -5.84. The smallest absolute Gasteiger partial charge is 0.454 e. The monoisotopic (exact) mass is 272 g/mol. The second kappa shape index (κ2) is 4.80. The highest BCUT2D eigenvalue weighted by Crippen LogP contribution is 2.30. The number of alkyl halides is 3. The molecule has 0 aromatic heterocycles. The van der Waals surface area contributed by atoms with Crippen LogP contribution in [-0.4, -0.2) is 25.3 Å². The average Bonchev–Trinajstić information content (AvgIpc) is 2.62. The van der Waals surface area contributed by atoms with E-state index in [1.807, 2.05) is 24.3 Å². The fourth-order valence-corrected chi connectivity index (χ4v) is 0.845. The van der Waals surface area contributed by atoms with Crippen molar-refractivity contribution in [3.8, 4) is 11.5 Å². The zero-order valence-corrected chi connectivity index (χ0v) is 8.96. The molecule has 96 valence electrons. The number of rotatable bonds is 0. The van der Waals surface area contributed by atoms with Crippen molar-refractivity contribution in [2.45, 2.75) is 5.51 Å². The van der Waals surface area contributed by atoms with Crippen LogP contribution in [0.15, 0.2) is 24.3 Å². The van der Waals surface area contributed by atoms with Crippen molar-refractivity contribution >= 4 is 10.1 Å². The summed E-state index contributed by atoms with van der Waals surface area (Å²) in [5.74, 6) is 1.69. The Kier molecular flexibility index (Phi) is 3.83. The van der Waals surface area contributed by atoms with Crippen LogP contribution in [0.5, 0.6) is 11.5 Å². The summed E-state index contributed by atoms with van der Waals surface area (Å²) in [5.41, 5.74) is -5.53. The molecule has 0 radical (unpaired) electrons. The molecule has 9 heteroatoms. The summed E-state index contributed by atoms with van der Waals surface area (Å²) < 4.78 is 67.7. The lowest BCUT2D eigenvalue weighted by molar-refractivity contribution is -0.0510. The number of ether oxygens (including phenoxy) is 2. The summed E-state index contributed by atoms with van der Waals surface area (Å²) >= 11 is 0. The molecule has 0 unspecified atom stereocenters. The Balaban J connectivity index is 0.000000172. The van der Waals surface area contributed by atoms with Gasteiger partial charge < -0.3 is 9.47 Å². The third-order valence-corrected chi connectivity index (χ3v) is 2.16. The van der Waals surface area contributed by atoms with Gasteiger partial charge in [0.25, 0.3) is 0 Å². The number of hydrogen-bond acceptors (Lipinski definition) is 4. The molecule has 1 heterocycles. The fourth-order valence-electron chi connectivity index (χ4n) is 0.845. The molecule has 1 aliphatic rings. The van der Waals surface area contributed by atoms with Crippen molar-refractivity contribution in [2.75, 3.05) is 6.79 Å². The lowest BCUT2D eigenvalue weighted by Gasteiger charge is -1.97. The normalized spacial score (nSPS) is 13.9. The molecule has 0 saturated carbocycles. The zero-order valence-electron chi connectivity index (χ0n) is 8.14. The van der Waals surface area contributed by atoms with Crippen LogP contribution in [0.4, 0.5) is 13.2 Å². The predicted molar refractivity (Wildman–Crippen MR) is 50.2 cm³/mol. The zero-order chi connectivity index (χ0) is 13.1. The lowest BCUT2D eigenvalue weighted by atomic mass is 10.3. The minimum Gasteiger partial charge on any atom is -0.454 e. The van der Waals surface area contributed by atoms with E-state index >= 15 is 0 Å². The SMILES string of the molecule is O=S(=O)(O)C(F)(F)F.c1ccc2c(c1)OCO2. The van der Waals surface area contributed by atoms with E-state index in [9.17, 15) is 13.2 Å². The van der Waals surface area contributed by atoms with E-state index in [1.165, 1.54) is 0 Å². The van der Waals surface area contributed by atoms with Crippen molar-refractivity contribution in [2.24, 2.45) is 0 Å². The standard InChI is InChI=1S/C7H6O2.CHF3O3S/c1-2-4-7-6(3-1)8-5-9-7;2-1(3,4)8(5,6)7/h1-4H,5H2;(H,5,6,7). The van der Waals surface area contributed by atoms with Gasteiger partial charge in [-0.05, 0) is 12.1 Å². The second-order valence-electron chi connectivity index (χ2n) is 2.77. The molecule has 0 aliphatic carbocycles. The van der Waals surface area contributed by atoms with Crippen molar-refractivity contribution in [3.63, 3.8) is 0 Å². The minimum absolute atomic E-state index is 0.360. The van der Waals surface area contributed by atoms with E-state index in [4.69, 9.17) is 22.4 Å². The molecule has 0 atom stereocenters. The Morgan fingerprint density at radius 2 is 1.47 bits per heavy atom. The Hall–Kier alpha value is -1.48. The van der Waals surface area contributed by atoms with Crippen LogP contribution in [0, 0.1) is 0 Å². The molecule has 5 nitrogen and oxygen atoms in total. The van der Waals surface area contributed by atoms with Crippen LogP contribution in [0.3, 0.4) is 0 Å². The molecule has 0 bridgehead atoms. The Morgan fingerprint density at radius 1 is 1.12 bits per heavy atom. The van der Waals surface area contributed by atoms with Crippen LogP contribution in [0.1, 0.15) is 0 Å². The average molecular weight is 272 g/mol. The molecule has 0 amide bonds. The molecule has 17 heavy (non-hydrogen) atoms. The van der Waals surface area contributed by atoms with Crippen LogP contribution in [0.2, 0.25) is 0 Å². The highest BCUT2D eigenvalue weighted by Gasteiger charge is 2.44. The maximum Gasteiger partial charge on any atom is 0.522 e. The van der Waals surface area contributed by atoms with E-state index in [0.717, 1.165) is 11.5 Å². The molecule has 1 aromatic rings. The summed E-state index contributed by atoms with van der Waals surface area (Å²) in [4.78, 5) is 0. The molecule has 1 aromatic carbocycles. The third kappa shape index (κ3) is 3.79. The third-order valence-electron chi connectivity index (χ3n) is 1.57. The van der Waals surface area contributed by atoms with Gasteiger partial charge in [-0.3, -0.25) is 4.55 Å². The van der Waals surface area contributed by atoms with Crippen LogP contribution >= 0.6 is 0 Å². The maximum atomic E-state index is 10.7. The quantitative estimate of drug-likeness (QED) is 0.576. The first kappa shape index (κ1) is 13.6. The van der Waals surface area contributed by atoms with E-state index in [2.05, 4.69) is 0 Å². The Morgan fingerprint density at radius 3 is 1.76 bits per heavy atom. The van der Waals surface area contributed by atoms with Crippen LogP contribution < -0.4 is 9.47 Å². The number of para-hydroxylation sites is 2. The topological polar surface area (TPSA) is 72.8 Å². The molecule has 2 rings (SSSR count). The van der Waals surface area contributed by atoms with Gasteiger partial charge >= 0.3 is 15.6 Å². The molecule has 0 saturated heterocycles. The summed E-state index contributed by atoms with van der Waals surface area (Å²) in [5, 5.41) is 0. The lowest BCUT2D eigenvalue weighted by Crippen LogP contribution is -2.21. The van der Waals surface area contributed by atoms with Gasteiger partial charge in [-0.1, -0.05) is 12.1 Å². The highest BCUT2D eigenvalue weighted by atomic mass is 32.2. The Bertz CT molecular complexity index is 459. The predicted octanol–water partition coefficient (Wildman–Crippen LogP) is 1.81. The van der Waals surface area contributed by atoms with Gasteiger partial charge in [0.2, 0.25) is 6.79 Å². The van der Waals surface area contributed by atoms with Gasteiger partial charge in [0.05, 0.1) is 0 Å². The van der Waals surface area contributed by atoms with Crippen molar-refractivity contribution < 1.29 is 35.6 Å². The number of benzene rings is 1. The van der Waals surface area contributed by atoms with Gasteiger partial charge in [-0.2, -0.15) is 21.6 Å². The summed E-state index contributed by atoms with van der Waals surface area (Å²) in [6.07, 6.45) is 0. The van der Waals surface area contributed by atoms with Crippen molar-refractivity contribution in [1.29, 1.82) is 0 Å². The summed E-state index contributed by atoms with van der Waals surface area (Å²) in [7, 11) is -5.84. The van der Waals surface area contributed by atoms with Crippen molar-refractivity contribution in [3.05, 3.63) is 24.3 Å². The van der Waals surface area contributed by atoms with E-state index in [0.29, 0.717) is 6.79 Å². The first-order valence-corrected chi connectivity index (χ1v) is 5.54. The number of fused-ring (bicyclic) bond motifs is 1. The Labute approximate surface area is 94.5 Å². The van der Waals surface area contributed by atoms with Crippen LogP contribution in [0.25, 0.3) is 0 Å². The highest BCUT2D eigenvalue weighted by molar-refractivity contribution is 7.86. The largest absolute Gasteiger partial charge is 0.522 e. The second-order valence-corrected chi connectivity index (χ2v) is 4.19. The molecule has 0 fully saturated rings. The van der Waals surface area contributed by atoms with Crippen LogP contribution in [-0.2, 0) is 10.1 Å². The van der Waals surface area contributed by atoms with Gasteiger partial charge in [-0.15, -0.1) is 0 Å². The first-order valence-electron chi connectivity index (χ1n) is 4.10. The van der Waals surface area contributed by atoms with Gasteiger partial charge in [0.1, 0.15) is 0 Å². The molecular formula is C8H7F3O5S. The van der Waals surface area contributed by atoms with E-state index in [1.54, 1.807) is 0 Å². The fraction of sp³-hybridized carbons (Fsp3) is 0.250. The number of hydrogen-bond donors (Lipinski definition) is 1. The summed E-state index contributed by atoms with van der Waals surface area (Å²) in [6.45, 7) is 0.360. The van der Waals surface area contributed by atoms with Crippen molar-refractivity contribution in [1.82, 2.24) is 0 Å². The first-order chi connectivity index (χ1) is 7.72.